The molecule has 0 unspecified atom stereocenters. The van der Waals surface area contributed by atoms with Gasteiger partial charge in [-0.05, 0) is 33.2 Å². The molecule has 0 amide bonds. The molecule has 0 spiro atoms. The molecule has 3 heterocycles. The van der Waals surface area contributed by atoms with Crippen LogP contribution in [0.5, 0.6) is 0 Å². The van der Waals surface area contributed by atoms with Crippen molar-refractivity contribution in [3.05, 3.63) is 27.8 Å². The predicted molar refractivity (Wildman–Crippen MR) is 83.6 cm³/mol. The molecule has 7 heteroatoms. The minimum Gasteiger partial charge on any atom is -0.372 e. The van der Waals surface area contributed by atoms with Crippen LogP contribution in [0.1, 0.15) is 61.3 Å². The lowest BCUT2D eigenvalue weighted by Crippen LogP contribution is -2.23. The molecule has 0 saturated carbocycles. The van der Waals surface area contributed by atoms with Crippen LogP contribution < -0.4 is 0 Å². The second kappa shape index (κ2) is 6.85. The van der Waals surface area contributed by atoms with Gasteiger partial charge in [-0.3, -0.25) is 4.90 Å². The quantitative estimate of drug-likeness (QED) is 0.813. The Morgan fingerprint density at radius 3 is 3.09 bits per heavy atom. The van der Waals surface area contributed by atoms with E-state index in [-0.39, 0.29) is 12.1 Å². The second-order valence-electron chi connectivity index (χ2n) is 5.57. The average molecular weight is 322 g/mol. The molecule has 0 aliphatic carbocycles. The highest BCUT2D eigenvalue weighted by molar-refractivity contribution is 7.09. The fraction of sp³-hybridized carbons (Fsp3) is 0.667. The summed E-state index contributed by atoms with van der Waals surface area (Å²) in [5.74, 6) is 1.43. The van der Waals surface area contributed by atoms with Gasteiger partial charge in [0.2, 0.25) is 5.89 Å². The Bertz CT molecular complexity index is 612. The number of rotatable bonds is 6. The fourth-order valence-electron chi connectivity index (χ4n) is 2.87. The van der Waals surface area contributed by atoms with Crippen LogP contribution in [-0.2, 0) is 11.3 Å². The number of hydrogen-bond donors (Lipinski definition) is 0. The van der Waals surface area contributed by atoms with Gasteiger partial charge in [0.25, 0.3) is 0 Å². The number of aryl methyl sites for hydroxylation is 1. The van der Waals surface area contributed by atoms with Gasteiger partial charge >= 0.3 is 0 Å². The Balaban J connectivity index is 1.67. The first-order valence-corrected chi connectivity index (χ1v) is 8.65. The molecule has 1 aliphatic heterocycles. The third kappa shape index (κ3) is 3.37. The van der Waals surface area contributed by atoms with E-state index in [1.165, 1.54) is 0 Å². The van der Waals surface area contributed by atoms with Gasteiger partial charge in [0.1, 0.15) is 11.1 Å². The lowest BCUT2D eigenvalue weighted by Gasteiger charge is -2.20. The van der Waals surface area contributed by atoms with Crippen LogP contribution in [0.3, 0.4) is 0 Å². The molecule has 6 nitrogen and oxygen atoms in total. The van der Waals surface area contributed by atoms with Crippen LogP contribution in [-0.4, -0.2) is 33.2 Å². The van der Waals surface area contributed by atoms with Gasteiger partial charge in [-0.15, -0.1) is 11.3 Å². The van der Waals surface area contributed by atoms with Crippen molar-refractivity contribution < 1.29 is 9.26 Å². The summed E-state index contributed by atoms with van der Waals surface area (Å²) in [4.78, 5) is 11.5. The molecule has 0 N–H and O–H groups in total. The minimum atomic E-state index is 0.0676. The lowest BCUT2D eigenvalue weighted by molar-refractivity contribution is 0.0760. The Hall–Kier alpha value is -1.31. The van der Waals surface area contributed by atoms with Crippen molar-refractivity contribution in [1.29, 1.82) is 0 Å². The number of likely N-dealkylation sites (tertiary alicyclic amines) is 1. The van der Waals surface area contributed by atoms with Crippen molar-refractivity contribution >= 4 is 11.3 Å². The summed E-state index contributed by atoms with van der Waals surface area (Å²) < 4.78 is 10.7. The topological polar surface area (TPSA) is 64.3 Å². The van der Waals surface area contributed by atoms with Gasteiger partial charge < -0.3 is 9.26 Å². The second-order valence-corrected chi connectivity index (χ2v) is 6.46. The molecule has 0 aromatic carbocycles. The molecule has 0 radical (unpaired) electrons. The molecule has 2 atom stereocenters. The Labute approximate surface area is 134 Å². The van der Waals surface area contributed by atoms with Crippen molar-refractivity contribution in [1.82, 2.24) is 20.0 Å². The molecule has 120 valence electrons. The molecule has 2 aromatic rings. The van der Waals surface area contributed by atoms with E-state index in [4.69, 9.17) is 14.2 Å². The van der Waals surface area contributed by atoms with Crippen molar-refractivity contribution in [3.63, 3.8) is 0 Å². The first kappa shape index (κ1) is 15.6. The van der Waals surface area contributed by atoms with Crippen molar-refractivity contribution in [2.45, 2.75) is 52.3 Å². The molecule has 22 heavy (non-hydrogen) atoms. The van der Waals surface area contributed by atoms with E-state index >= 15 is 0 Å². The third-order valence-electron chi connectivity index (χ3n) is 3.90. The first-order valence-electron chi connectivity index (χ1n) is 7.77. The van der Waals surface area contributed by atoms with Crippen LogP contribution >= 0.6 is 11.3 Å². The first-order chi connectivity index (χ1) is 10.7. The van der Waals surface area contributed by atoms with Crippen molar-refractivity contribution in [3.8, 4) is 0 Å². The standard InChI is InChI=1S/C15H22N4O2S/c1-4-20-10(2)15-17-12(9-22-15)8-19-7-5-6-13(19)14-16-11(3)21-18-14/h9-10,13H,4-8H2,1-3H3/t10-,13+/m1/s1. The molecular formula is C15H22N4O2S. The summed E-state index contributed by atoms with van der Waals surface area (Å²) >= 11 is 1.67. The summed E-state index contributed by atoms with van der Waals surface area (Å²) in [6.45, 7) is 8.47. The van der Waals surface area contributed by atoms with Gasteiger partial charge in [0.05, 0.1) is 11.7 Å². The van der Waals surface area contributed by atoms with Crippen LogP contribution in [0.25, 0.3) is 0 Å². The number of ether oxygens (including phenoxy) is 1. The van der Waals surface area contributed by atoms with E-state index in [1.54, 1.807) is 11.3 Å². The molecule has 3 rings (SSSR count). The Kier molecular flexibility index (Phi) is 4.85. The van der Waals surface area contributed by atoms with E-state index < -0.39 is 0 Å². The summed E-state index contributed by atoms with van der Waals surface area (Å²) in [5, 5.41) is 7.25. The van der Waals surface area contributed by atoms with Crippen molar-refractivity contribution in [2.24, 2.45) is 0 Å². The lowest BCUT2D eigenvalue weighted by atomic mass is 10.2. The molecule has 1 saturated heterocycles. The average Bonchev–Trinajstić information content (AvgIpc) is 3.20. The third-order valence-corrected chi connectivity index (χ3v) is 4.96. The van der Waals surface area contributed by atoms with Crippen LogP contribution in [0, 0.1) is 6.92 Å². The highest BCUT2D eigenvalue weighted by Gasteiger charge is 2.30. The number of thiazole rings is 1. The highest BCUT2D eigenvalue weighted by Crippen LogP contribution is 2.32. The van der Waals surface area contributed by atoms with E-state index in [2.05, 4.69) is 20.4 Å². The van der Waals surface area contributed by atoms with Gasteiger partial charge in [-0.1, -0.05) is 5.16 Å². The van der Waals surface area contributed by atoms with Crippen LogP contribution in [0.2, 0.25) is 0 Å². The largest absolute Gasteiger partial charge is 0.372 e. The summed E-state index contributed by atoms with van der Waals surface area (Å²) in [6.07, 6.45) is 2.30. The maximum atomic E-state index is 5.61. The maximum Gasteiger partial charge on any atom is 0.223 e. The van der Waals surface area contributed by atoms with Gasteiger partial charge in [-0.25, -0.2) is 4.98 Å². The normalized spacial score (nSPS) is 20.6. The zero-order valence-electron chi connectivity index (χ0n) is 13.3. The fourth-order valence-corrected chi connectivity index (χ4v) is 3.68. The van der Waals surface area contributed by atoms with E-state index in [1.807, 2.05) is 20.8 Å². The van der Waals surface area contributed by atoms with Gasteiger partial charge in [0, 0.05) is 25.5 Å². The Morgan fingerprint density at radius 1 is 1.50 bits per heavy atom. The number of aromatic nitrogens is 3. The SMILES string of the molecule is CCO[C@H](C)c1nc(CN2CCC[C@H]2c2noc(C)n2)cs1. The smallest absolute Gasteiger partial charge is 0.223 e. The number of nitrogens with zero attached hydrogens (tertiary/aromatic N) is 4. The van der Waals surface area contributed by atoms with Crippen LogP contribution in [0.4, 0.5) is 0 Å². The van der Waals surface area contributed by atoms with Crippen molar-refractivity contribution in [2.75, 3.05) is 13.2 Å². The van der Waals surface area contributed by atoms with Gasteiger partial charge in [0.15, 0.2) is 5.82 Å². The minimum absolute atomic E-state index is 0.0676. The predicted octanol–water partition coefficient (Wildman–Crippen LogP) is 3.27. The van der Waals surface area contributed by atoms with E-state index in [0.717, 1.165) is 42.5 Å². The molecule has 1 fully saturated rings. The monoisotopic (exact) mass is 322 g/mol. The Morgan fingerprint density at radius 2 is 2.36 bits per heavy atom. The zero-order valence-corrected chi connectivity index (χ0v) is 14.1. The summed E-state index contributed by atoms with van der Waals surface area (Å²) in [6, 6.07) is 0.243. The van der Waals surface area contributed by atoms with Crippen LogP contribution in [0.15, 0.2) is 9.90 Å². The molecular weight excluding hydrogens is 300 g/mol. The summed E-state index contributed by atoms with van der Waals surface area (Å²) in [5.41, 5.74) is 1.10. The maximum absolute atomic E-state index is 5.61. The van der Waals surface area contributed by atoms with Gasteiger partial charge in [-0.2, -0.15) is 4.98 Å². The molecule has 0 bridgehead atoms. The molecule has 2 aromatic heterocycles. The van der Waals surface area contributed by atoms with E-state index in [9.17, 15) is 0 Å². The number of hydrogen-bond acceptors (Lipinski definition) is 7. The van der Waals surface area contributed by atoms with E-state index in [0.29, 0.717) is 12.5 Å². The zero-order chi connectivity index (χ0) is 15.5. The summed E-state index contributed by atoms with van der Waals surface area (Å²) in [7, 11) is 0. The highest BCUT2D eigenvalue weighted by atomic mass is 32.1. The molecule has 1 aliphatic rings.